The third kappa shape index (κ3) is 3.75. The van der Waals surface area contributed by atoms with Crippen LogP contribution in [0.3, 0.4) is 0 Å². The number of carbonyl (C=O) groups excluding carboxylic acids is 1. The first kappa shape index (κ1) is 18.9. The number of benzene rings is 2. The van der Waals surface area contributed by atoms with Crippen LogP contribution in [0.15, 0.2) is 86.7 Å². The zero-order valence-electron chi connectivity index (χ0n) is 15.3. The Morgan fingerprint density at radius 2 is 1.69 bits per heavy atom. The SMILES string of the molecule is CC1=NN(c2ccccc2)C(=O)/C1=C\c1ccc(-c2ccc(S(=O)(=O)O)cc2)o1. The van der Waals surface area contributed by atoms with Crippen molar-refractivity contribution in [1.82, 2.24) is 0 Å². The molecule has 1 aliphatic heterocycles. The highest BCUT2D eigenvalue weighted by Crippen LogP contribution is 2.28. The number of para-hydroxylation sites is 1. The van der Waals surface area contributed by atoms with Crippen LogP contribution < -0.4 is 5.01 Å². The minimum atomic E-state index is -4.25. The van der Waals surface area contributed by atoms with E-state index in [9.17, 15) is 13.2 Å². The van der Waals surface area contributed by atoms with Crippen LogP contribution in [0.5, 0.6) is 0 Å². The molecule has 29 heavy (non-hydrogen) atoms. The van der Waals surface area contributed by atoms with E-state index in [1.807, 2.05) is 18.2 Å². The van der Waals surface area contributed by atoms with Crippen molar-refractivity contribution in [2.75, 3.05) is 5.01 Å². The van der Waals surface area contributed by atoms with Gasteiger partial charge in [-0.1, -0.05) is 18.2 Å². The van der Waals surface area contributed by atoms with Crippen molar-refractivity contribution in [2.24, 2.45) is 5.10 Å². The highest BCUT2D eigenvalue weighted by molar-refractivity contribution is 7.85. The van der Waals surface area contributed by atoms with Crippen molar-refractivity contribution < 1.29 is 22.2 Å². The molecule has 0 radical (unpaired) electrons. The maximum Gasteiger partial charge on any atom is 0.294 e. The topological polar surface area (TPSA) is 100 Å². The van der Waals surface area contributed by atoms with Gasteiger partial charge in [-0.05, 0) is 61.5 Å². The lowest BCUT2D eigenvalue weighted by Gasteiger charge is -2.10. The Labute approximate surface area is 167 Å². The summed E-state index contributed by atoms with van der Waals surface area (Å²) in [6.07, 6.45) is 1.63. The Balaban J connectivity index is 1.60. The van der Waals surface area contributed by atoms with E-state index in [2.05, 4.69) is 5.10 Å². The number of furan rings is 1. The number of nitrogens with zero attached hydrogens (tertiary/aromatic N) is 2. The van der Waals surface area contributed by atoms with Gasteiger partial charge < -0.3 is 4.42 Å². The van der Waals surface area contributed by atoms with Gasteiger partial charge in [0.2, 0.25) is 0 Å². The minimum absolute atomic E-state index is 0.195. The normalized spacial score (nSPS) is 15.8. The van der Waals surface area contributed by atoms with Crippen LogP contribution in [0.4, 0.5) is 5.69 Å². The van der Waals surface area contributed by atoms with Crippen molar-refractivity contribution in [3.05, 3.63) is 78.1 Å². The molecule has 0 fully saturated rings. The van der Waals surface area contributed by atoms with Crippen LogP contribution in [0.1, 0.15) is 12.7 Å². The Bertz CT molecular complexity index is 1240. The van der Waals surface area contributed by atoms with E-state index in [0.717, 1.165) is 0 Å². The maximum atomic E-state index is 12.7. The van der Waals surface area contributed by atoms with E-state index in [0.29, 0.717) is 34.1 Å². The molecule has 0 spiro atoms. The molecule has 8 heteroatoms. The predicted molar refractivity (Wildman–Crippen MR) is 109 cm³/mol. The summed E-state index contributed by atoms with van der Waals surface area (Å²) >= 11 is 0. The molecule has 7 nitrogen and oxygen atoms in total. The quantitative estimate of drug-likeness (QED) is 0.519. The molecular formula is C21H16N2O5S. The summed E-state index contributed by atoms with van der Waals surface area (Å²) in [5.74, 6) is 0.717. The zero-order valence-corrected chi connectivity index (χ0v) is 16.1. The lowest BCUT2D eigenvalue weighted by molar-refractivity contribution is -0.114. The molecule has 0 bridgehead atoms. The van der Waals surface area contributed by atoms with Crippen LogP contribution in [0.25, 0.3) is 17.4 Å². The summed E-state index contributed by atoms with van der Waals surface area (Å²) in [5.41, 5.74) is 2.32. The second-order valence-electron chi connectivity index (χ2n) is 6.40. The van der Waals surface area contributed by atoms with E-state index < -0.39 is 10.1 Å². The molecule has 0 saturated heterocycles. The molecule has 0 unspecified atom stereocenters. The predicted octanol–water partition coefficient (Wildman–Crippen LogP) is 4.00. The zero-order chi connectivity index (χ0) is 20.6. The van der Waals surface area contributed by atoms with Gasteiger partial charge in [0.15, 0.2) is 0 Å². The van der Waals surface area contributed by atoms with Gasteiger partial charge in [-0.3, -0.25) is 9.35 Å². The van der Waals surface area contributed by atoms with E-state index in [1.165, 1.54) is 29.3 Å². The van der Waals surface area contributed by atoms with Gasteiger partial charge >= 0.3 is 0 Å². The fourth-order valence-corrected chi connectivity index (χ4v) is 3.43. The lowest BCUT2D eigenvalue weighted by atomic mass is 10.1. The minimum Gasteiger partial charge on any atom is -0.457 e. The molecule has 1 amide bonds. The van der Waals surface area contributed by atoms with Gasteiger partial charge in [0.1, 0.15) is 11.5 Å². The number of anilines is 1. The number of hydrogen-bond acceptors (Lipinski definition) is 5. The number of hydrogen-bond donors (Lipinski definition) is 1. The maximum absolute atomic E-state index is 12.7. The van der Waals surface area contributed by atoms with Gasteiger partial charge in [0, 0.05) is 5.56 Å². The summed E-state index contributed by atoms with van der Waals surface area (Å²) in [6.45, 7) is 1.75. The Morgan fingerprint density at radius 3 is 2.34 bits per heavy atom. The second-order valence-corrected chi connectivity index (χ2v) is 7.82. The van der Waals surface area contributed by atoms with Crippen LogP contribution in [0.2, 0.25) is 0 Å². The van der Waals surface area contributed by atoms with E-state index in [1.54, 1.807) is 37.3 Å². The standard InChI is InChI=1S/C21H16N2O5S/c1-14-19(21(24)23(22-14)16-5-3-2-4-6-16)13-17-9-12-20(28-17)15-7-10-18(11-8-15)29(25,26)27/h2-13H,1H3,(H,25,26,27)/b19-13-. The molecular weight excluding hydrogens is 392 g/mol. The van der Waals surface area contributed by atoms with Gasteiger partial charge in [0.05, 0.1) is 21.9 Å². The number of rotatable bonds is 4. The smallest absolute Gasteiger partial charge is 0.294 e. The summed E-state index contributed by atoms with van der Waals surface area (Å²) in [6, 6.07) is 18.2. The fourth-order valence-electron chi connectivity index (χ4n) is 2.95. The summed E-state index contributed by atoms with van der Waals surface area (Å²) in [4.78, 5) is 12.6. The lowest BCUT2D eigenvalue weighted by Crippen LogP contribution is -2.21. The van der Waals surface area contributed by atoms with Crippen molar-refractivity contribution >= 4 is 33.5 Å². The summed E-state index contributed by atoms with van der Waals surface area (Å²) in [5, 5.41) is 5.67. The molecule has 1 N–H and O–H groups in total. The third-order valence-corrected chi connectivity index (χ3v) is 5.28. The van der Waals surface area contributed by atoms with Gasteiger partial charge in [-0.25, -0.2) is 0 Å². The van der Waals surface area contributed by atoms with Gasteiger partial charge in [-0.2, -0.15) is 18.5 Å². The summed E-state index contributed by atoms with van der Waals surface area (Å²) in [7, 11) is -4.25. The first-order valence-electron chi connectivity index (χ1n) is 8.67. The highest BCUT2D eigenvalue weighted by atomic mass is 32.2. The van der Waals surface area contributed by atoms with Crippen molar-refractivity contribution in [3.63, 3.8) is 0 Å². The monoisotopic (exact) mass is 408 g/mol. The number of carbonyl (C=O) groups is 1. The van der Waals surface area contributed by atoms with Gasteiger partial charge in [-0.15, -0.1) is 0 Å². The van der Waals surface area contributed by atoms with Crippen LogP contribution in [0, 0.1) is 0 Å². The Hall–Kier alpha value is -3.49. The molecule has 146 valence electrons. The molecule has 4 rings (SSSR count). The Morgan fingerprint density at radius 1 is 1.00 bits per heavy atom. The molecule has 0 aliphatic carbocycles. The number of hydrazone groups is 1. The van der Waals surface area contributed by atoms with E-state index in [-0.39, 0.29) is 10.8 Å². The van der Waals surface area contributed by atoms with Crippen molar-refractivity contribution in [1.29, 1.82) is 0 Å². The largest absolute Gasteiger partial charge is 0.457 e. The van der Waals surface area contributed by atoms with Crippen LogP contribution in [-0.2, 0) is 14.9 Å². The number of amides is 1. The molecule has 0 atom stereocenters. The highest BCUT2D eigenvalue weighted by Gasteiger charge is 2.28. The average molecular weight is 408 g/mol. The molecule has 3 aromatic rings. The van der Waals surface area contributed by atoms with Crippen molar-refractivity contribution in [3.8, 4) is 11.3 Å². The fraction of sp³-hybridized carbons (Fsp3) is 0.0476. The van der Waals surface area contributed by atoms with Gasteiger partial charge in [0.25, 0.3) is 16.0 Å². The Kier molecular flexibility index (Phi) is 4.65. The van der Waals surface area contributed by atoms with Crippen LogP contribution >= 0.6 is 0 Å². The van der Waals surface area contributed by atoms with Crippen molar-refractivity contribution in [2.45, 2.75) is 11.8 Å². The summed E-state index contributed by atoms with van der Waals surface area (Å²) < 4.78 is 37.1. The average Bonchev–Trinajstić information content (AvgIpc) is 3.28. The molecule has 1 aromatic heterocycles. The molecule has 2 heterocycles. The second kappa shape index (κ2) is 7.16. The molecule has 1 aliphatic rings. The molecule has 2 aromatic carbocycles. The molecule has 0 saturated carbocycles. The van der Waals surface area contributed by atoms with E-state index in [4.69, 9.17) is 8.97 Å². The first-order chi connectivity index (χ1) is 13.8. The third-order valence-electron chi connectivity index (χ3n) is 4.41. The van der Waals surface area contributed by atoms with Crippen LogP contribution in [-0.4, -0.2) is 24.6 Å². The van der Waals surface area contributed by atoms with E-state index >= 15 is 0 Å². The first-order valence-corrected chi connectivity index (χ1v) is 10.1.